The van der Waals surface area contributed by atoms with Gasteiger partial charge in [0.2, 0.25) is 5.91 Å². The number of rotatable bonds is 9. The second-order valence-electron chi connectivity index (χ2n) is 11.9. The van der Waals surface area contributed by atoms with Crippen LogP contribution in [0, 0.1) is 5.82 Å². The average molecular weight is 666 g/mol. The highest BCUT2D eigenvalue weighted by molar-refractivity contribution is 6.05. The lowest BCUT2D eigenvalue weighted by molar-refractivity contribution is -0.131. The molecule has 4 aromatic heterocycles. The van der Waals surface area contributed by atoms with Crippen molar-refractivity contribution in [2.75, 3.05) is 58.4 Å². The van der Waals surface area contributed by atoms with E-state index in [0.717, 1.165) is 5.82 Å². The quantitative estimate of drug-likeness (QED) is 0.248. The molecule has 49 heavy (non-hydrogen) atoms. The van der Waals surface area contributed by atoms with Gasteiger partial charge in [-0.3, -0.25) is 19.3 Å². The molecular weight excluding hydrogens is 629 g/mol. The minimum atomic E-state index is -0.490. The van der Waals surface area contributed by atoms with Gasteiger partial charge in [0.05, 0.1) is 32.5 Å². The number of benzene rings is 1. The van der Waals surface area contributed by atoms with Gasteiger partial charge in [0.25, 0.3) is 5.91 Å². The summed E-state index contributed by atoms with van der Waals surface area (Å²) in [6.45, 7) is 3.24. The second kappa shape index (κ2) is 13.7. The molecule has 2 aliphatic rings. The number of nitrogens with one attached hydrogen (secondary N) is 1. The molecule has 0 spiro atoms. The van der Waals surface area contributed by atoms with Gasteiger partial charge in [0.1, 0.15) is 11.4 Å². The maximum atomic E-state index is 16.6. The number of piperazine rings is 1. The highest BCUT2D eigenvalue weighted by atomic mass is 19.1. The van der Waals surface area contributed by atoms with Crippen LogP contribution in [0.4, 0.5) is 10.2 Å². The zero-order valence-corrected chi connectivity index (χ0v) is 27.3. The fourth-order valence-corrected chi connectivity index (χ4v) is 6.54. The molecule has 2 amide bonds. The summed E-state index contributed by atoms with van der Waals surface area (Å²) in [6.07, 6.45) is 11.1. The summed E-state index contributed by atoms with van der Waals surface area (Å²) in [5.41, 5.74) is 2.84. The van der Waals surface area contributed by atoms with Crippen molar-refractivity contribution in [3.8, 4) is 22.6 Å². The Morgan fingerprint density at radius 3 is 2.55 bits per heavy atom. The number of ether oxygens (including phenoxy) is 2. The van der Waals surface area contributed by atoms with Gasteiger partial charge in [-0.1, -0.05) is 11.3 Å². The predicted octanol–water partition coefficient (Wildman–Crippen LogP) is 4.04. The molecule has 6 heterocycles. The van der Waals surface area contributed by atoms with Gasteiger partial charge >= 0.3 is 0 Å². The Kier molecular flexibility index (Phi) is 8.92. The number of nitrogens with zero attached hydrogens (tertiary/aromatic N) is 8. The van der Waals surface area contributed by atoms with Gasteiger partial charge in [-0.15, -0.1) is 5.10 Å². The number of carbonyl (C=O) groups is 2. The highest BCUT2D eigenvalue weighted by Crippen LogP contribution is 2.40. The van der Waals surface area contributed by atoms with Crippen molar-refractivity contribution in [3.05, 3.63) is 84.5 Å². The van der Waals surface area contributed by atoms with Crippen LogP contribution in [0.1, 0.15) is 28.9 Å². The van der Waals surface area contributed by atoms with E-state index >= 15 is 4.39 Å². The van der Waals surface area contributed by atoms with Crippen LogP contribution in [0.5, 0.6) is 11.5 Å². The summed E-state index contributed by atoms with van der Waals surface area (Å²) < 4.78 is 29.4. The molecule has 0 aliphatic carbocycles. The molecule has 0 unspecified atom stereocenters. The molecule has 0 atom stereocenters. The first-order valence-corrected chi connectivity index (χ1v) is 16.1. The Morgan fingerprint density at radius 2 is 1.78 bits per heavy atom. The molecule has 1 aromatic carbocycles. The van der Waals surface area contributed by atoms with E-state index in [-0.39, 0.29) is 36.0 Å². The summed E-state index contributed by atoms with van der Waals surface area (Å²) in [5, 5.41) is 8.26. The summed E-state index contributed by atoms with van der Waals surface area (Å²) in [4.78, 5) is 44.5. The third-order valence-corrected chi connectivity index (χ3v) is 9.09. The first kappa shape index (κ1) is 31.8. The third kappa shape index (κ3) is 6.28. The number of fused-ring (bicyclic) bond motifs is 1. The maximum absolute atomic E-state index is 16.6. The third-order valence-electron chi connectivity index (χ3n) is 9.09. The van der Waals surface area contributed by atoms with Crippen LogP contribution >= 0.6 is 0 Å². The van der Waals surface area contributed by atoms with Crippen LogP contribution in [-0.2, 0) is 11.3 Å². The number of methoxy groups -OCH3 is 2. The molecular formula is C35H36FN9O4. The lowest BCUT2D eigenvalue weighted by Crippen LogP contribution is -2.49. The molecule has 1 fully saturated rings. The molecule has 0 bridgehead atoms. The molecule has 14 heteroatoms. The lowest BCUT2D eigenvalue weighted by atomic mass is 9.93. The number of aryl methyl sites for hydroxylation is 1. The van der Waals surface area contributed by atoms with Crippen molar-refractivity contribution < 1.29 is 23.5 Å². The van der Waals surface area contributed by atoms with Crippen LogP contribution in [0.2, 0.25) is 0 Å². The fourth-order valence-electron chi connectivity index (χ4n) is 6.54. The van der Waals surface area contributed by atoms with E-state index in [0.29, 0.717) is 84.8 Å². The van der Waals surface area contributed by atoms with E-state index in [1.54, 1.807) is 77.9 Å². The number of hydrogen-bond acceptors (Lipinski definition) is 9. The van der Waals surface area contributed by atoms with E-state index in [1.807, 2.05) is 18.2 Å². The van der Waals surface area contributed by atoms with Crippen LogP contribution < -0.4 is 14.4 Å². The molecule has 1 saturated heterocycles. The summed E-state index contributed by atoms with van der Waals surface area (Å²) in [7, 11) is 3.18. The highest BCUT2D eigenvalue weighted by Gasteiger charge is 2.29. The SMILES string of the molecule is COc1ccncc1-c1cc(C2=CCCN(C(=O)CCn3ccnn3)C2)c(F)c2[nH]c(C(=O)N3CCN(c4ncccc4OC)CC3)cc12. The van der Waals surface area contributed by atoms with Crippen molar-refractivity contribution in [1.29, 1.82) is 0 Å². The first-order chi connectivity index (χ1) is 23.9. The molecule has 1 N–H and O–H groups in total. The van der Waals surface area contributed by atoms with Gasteiger partial charge in [-0.05, 0) is 47.9 Å². The molecule has 2 aliphatic heterocycles. The van der Waals surface area contributed by atoms with Crippen LogP contribution in [0.25, 0.3) is 27.6 Å². The average Bonchev–Trinajstić information content (AvgIpc) is 3.85. The van der Waals surface area contributed by atoms with Crippen LogP contribution in [0.3, 0.4) is 0 Å². The van der Waals surface area contributed by atoms with Crippen molar-refractivity contribution in [1.82, 2.24) is 39.7 Å². The number of amides is 2. The maximum Gasteiger partial charge on any atom is 0.270 e. The summed E-state index contributed by atoms with van der Waals surface area (Å²) >= 11 is 0. The van der Waals surface area contributed by atoms with E-state index in [2.05, 4.69) is 30.2 Å². The predicted molar refractivity (Wildman–Crippen MR) is 181 cm³/mol. The normalized spacial score (nSPS) is 15.0. The zero-order chi connectivity index (χ0) is 33.9. The Bertz CT molecular complexity index is 2020. The van der Waals surface area contributed by atoms with E-state index in [4.69, 9.17) is 9.47 Å². The van der Waals surface area contributed by atoms with Crippen molar-refractivity contribution in [3.63, 3.8) is 0 Å². The molecule has 5 aromatic rings. The second-order valence-corrected chi connectivity index (χ2v) is 11.9. The Balaban J connectivity index is 1.19. The molecule has 0 radical (unpaired) electrons. The number of halogens is 1. The van der Waals surface area contributed by atoms with Gasteiger partial charge in [-0.2, -0.15) is 0 Å². The Labute approximate surface area is 281 Å². The standard InChI is InChI=1S/C35H36FN9O4/c1-48-29-7-10-37-21-27(29)25-19-24(23-5-4-12-44(22-23)31(46)8-13-45-14-11-39-41-45)32(36)33-26(25)20-28(40-33)35(47)43-17-15-42(16-18-43)34-30(49-2)6-3-9-38-34/h3,5-7,9-11,14,19-21,40H,4,8,12-13,15-18,22H2,1-2H3. The van der Waals surface area contributed by atoms with Crippen molar-refractivity contribution in [2.24, 2.45) is 0 Å². The van der Waals surface area contributed by atoms with Crippen molar-refractivity contribution >= 4 is 34.1 Å². The number of pyridine rings is 2. The smallest absolute Gasteiger partial charge is 0.270 e. The monoisotopic (exact) mass is 665 g/mol. The number of H-pyrrole nitrogens is 1. The topological polar surface area (TPSA) is 135 Å². The largest absolute Gasteiger partial charge is 0.496 e. The Morgan fingerprint density at radius 1 is 0.939 bits per heavy atom. The van der Waals surface area contributed by atoms with Crippen LogP contribution in [0.15, 0.2) is 67.4 Å². The number of anilines is 1. The zero-order valence-electron chi connectivity index (χ0n) is 27.3. The molecule has 13 nitrogen and oxygen atoms in total. The first-order valence-electron chi connectivity index (χ1n) is 16.1. The summed E-state index contributed by atoms with van der Waals surface area (Å²) in [6, 6.07) is 8.90. The minimum Gasteiger partial charge on any atom is -0.496 e. The van der Waals surface area contributed by atoms with Gasteiger partial charge in [0.15, 0.2) is 17.4 Å². The van der Waals surface area contributed by atoms with Crippen LogP contribution in [-0.4, -0.2) is 105 Å². The van der Waals surface area contributed by atoms with Gasteiger partial charge < -0.3 is 29.2 Å². The molecule has 252 valence electrons. The number of hydrogen-bond donors (Lipinski definition) is 1. The van der Waals surface area contributed by atoms with Gasteiger partial charge in [-0.25, -0.2) is 9.37 Å². The number of aromatic amines is 1. The minimum absolute atomic E-state index is 0.0499. The van der Waals surface area contributed by atoms with E-state index in [9.17, 15) is 9.59 Å². The number of carbonyl (C=O) groups excluding carboxylic acids is 2. The molecule has 0 saturated carbocycles. The Hall–Kier alpha value is -5.79. The van der Waals surface area contributed by atoms with E-state index in [1.165, 1.54) is 0 Å². The van der Waals surface area contributed by atoms with Gasteiger partial charge in [0, 0.05) is 87.0 Å². The number of aromatic nitrogens is 6. The lowest BCUT2D eigenvalue weighted by Gasteiger charge is -2.35. The summed E-state index contributed by atoms with van der Waals surface area (Å²) in [5.74, 6) is 1.21. The fraction of sp³-hybridized carbons (Fsp3) is 0.314. The molecule has 7 rings (SSSR count). The van der Waals surface area contributed by atoms with Crippen molar-refractivity contribution in [2.45, 2.75) is 19.4 Å². The van der Waals surface area contributed by atoms with E-state index < -0.39 is 5.82 Å².